The molecular weight excluding hydrogens is 348 g/mol. The van der Waals surface area contributed by atoms with Crippen molar-refractivity contribution in [3.05, 3.63) is 48.6 Å². The van der Waals surface area contributed by atoms with Gasteiger partial charge >= 0.3 is 12.1 Å². The number of amides is 1. The van der Waals surface area contributed by atoms with E-state index in [0.717, 1.165) is 5.56 Å². The highest BCUT2D eigenvalue weighted by molar-refractivity contribution is 5.82. The van der Waals surface area contributed by atoms with Gasteiger partial charge in [0.05, 0.1) is 12.6 Å². The summed E-state index contributed by atoms with van der Waals surface area (Å²) >= 11 is 0. The molecule has 2 atom stereocenters. The monoisotopic (exact) mass is 376 g/mol. The van der Waals surface area contributed by atoms with Crippen molar-refractivity contribution < 1.29 is 23.9 Å². The molecule has 27 heavy (non-hydrogen) atoms. The van der Waals surface area contributed by atoms with Crippen molar-refractivity contribution in [3.63, 3.8) is 0 Å². The van der Waals surface area contributed by atoms with Crippen molar-refractivity contribution in [1.29, 1.82) is 0 Å². The van der Waals surface area contributed by atoms with Crippen molar-refractivity contribution >= 4 is 12.1 Å². The summed E-state index contributed by atoms with van der Waals surface area (Å²) < 4.78 is 10.6. The van der Waals surface area contributed by atoms with E-state index >= 15 is 0 Å². The second-order valence-corrected chi connectivity index (χ2v) is 7.39. The van der Waals surface area contributed by atoms with Crippen LogP contribution >= 0.6 is 0 Å². The predicted octanol–water partition coefficient (Wildman–Crippen LogP) is 2.82. The number of benzene rings is 1. The van der Waals surface area contributed by atoms with E-state index in [1.54, 1.807) is 20.8 Å². The summed E-state index contributed by atoms with van der Waals surface area (Å²) in [6.07, 6.45) is 1.32. The lowest BCUT2D eigenvalue weighted by molar-refractivity contribution is -0.147. The molecule has 2 rings (SSSR count). The summed E-state index contributed by atoms with van der Waals surface area (Å²) in [5.41, 5.74) is 3.31. The summed E-state index contributed by atoms with van der Waals surface area (Å²) in [6, 6.07) is 8.79. The van der Waals surface area contributed by atoms with Crippen molar-refractivity contribution in [2.45, 2.75) is 51.5 Å². The second kappa shape index (κ2) is 9.53. The number of likely N-dealkylation sites (tertiary alicyclic amines) is 1. The van der Waals surface area contributed by atoms with Gasteiger partial charge < -0.3 is 9.47 Å². The number of ether oxygens (including phenoxy) is 2. The van der Waals surface area contributed by atoms with Crippen LogP contribution in [0.3, 0.4) is 0 Å². The van der Waals surface area contributed by atoms with E-state index in [9.17, 15) is 9.59 Å². The molecule has 1 aliphatic heterocycles. The first-order valence-corrected chi connectivity index (χ1v) is 8.98. The van der Waals surface area contributed by atoms with Gasteiger partial charge in [-0.1, -0.05) is 43.0 Å². The molecular formula is C20H28N2O5. The van der Waals surface area contributed by atoms with Crippen LogP contribution in [0.4, 0.5) is 4.79 Å². The van der Waals surface area contributed by atoms with Crippen molar-refractivity contribution in [2.75, 3.05) is 13.2 Å². The maximum absolute atomic E-state index is 12.5. The van der Waals surface area contributed by atoms with E-state index < -0.39 is 23.7 Å². The zero-order chi connectivity index (χ0) is 19.9. The quantitative estimate of drug-likeness (QED) is 0.448. The van der Waals surface area contributed by atoms with Crippen LogP contribution in [0.25, 0.3) is 0 Å². The molecule has 1 aliphatic rings. The van der Waals surface area contributed by atoms with Gasteiger partial charge in [-0.2, -0.15) is 5.48 Å². The van der Waals surface area contributed by atoms with Gasteiger partial charge in [0, 0.05) is 6.54 Å². The Labute approximate surface area is 160 Å². The molecule has 7 nitrogen and oxygen atoms in total. The van der Waals surface area contributed by atoms with Gasteiger partial charge in [-0.05, 0) is 32.8 Å². The molecule has 148 valence electrons. The smallest absolute Gasteiger partial charge is 0.411 e. The first-order chi connectivity index (χ1) is 12.8. The number of hydrogen-bond acceptors (Lipinski definition) is 6. The van der Waals surface area contributed by atoms with E-state index in [-0.39, 0.29) is 19.2 Å². The Bertz CT molecular complexity index is 642. The Hall–Kier alpha value is -2.38. The minimum atomic E-state index is -0.724. The molecule has 1 saturated heterocycles. The maximum Gasteiger partial charge on any atom is 0.411 e. The molecule has 0 spiro atoms. The highest BCUT2D eigenvalue weighted by atomic mass is 16.6. The third-order valence-electron chi connectivity index (χ3n) is 3.88. The highest BCUT2D eigenvalue weighted by Gasteiger charge is 2.42. The topological polar surface area (TPSA) is 77.1 Å². The summed E-state index contributed by atoms with van der Waals surface area (Å²) in [4.78, 5) is 31.8. The van der Waals surface area contributed by atoms with Crippen LogP contribution in [0.1, 0.15) is 32.8 Å². The summed E-state index contributed by atoms with van der Waals surface area (Å²) in [7, 11) is 0. The maximum atomic E-state index is 12.5. The average molecular weight is 376 g/mol. The molecule has 1 fully saturated rings. The van der Waals surface area contributed by atoms with Gasteiger partial charge in [-0.25, -0.2) is 9.59 Å². The largest absolute Gasteiger partial charge is 0.460 e. The third kappa shape index (κ3) is 6.69. The Morgan fingerprint density at radius 1 is 1.30 bits per heavy atom. The fourth-order valence-electron chi connectivity index (χ4n) is 2.72. The summed E-state index contributed by atoms with van der Waals surface area (Å²) in [5, 5.41) is 0. The van der Waals surface area contributed by atoms with Crippen LogP contribution in [-0.2, 0) is 25.7 Å². The zero-order valence-corrected chi connectivity index (χ0v) is 16.1. The number of hydrogen-bond donors (Lipinski definition) is 1. The standard InChI is InChI=1S/C20H28N2O5/c1-5-11-25-18(23)17-12-16(13-22(17)19(24)27-20(2,3)4)21-26-14-15-9-7-6-8-10-15/h5-10,16-17,21H,1,11-14H2,2-4H3/t16-,17+/m1/s1. The van der Waals surface area contributed by atoms with Crippen LogP contribution in [0.5, 0.6) is 0 Å². The van der Waals surface area contributed by atoms with E-state index in [1.807, 2.05) is 30.3 Å². The van der Waals surface area contributed by atoms with Gasteiger partial charge in [0.15, 0.2) is 0 Å². The van der Waals surface area contributed by atoms with E-state index in [1.165, 1.54) is 11.0 Å². The van der Waals surface area contributed by atoms with Crippen molar-refractivity contribution in [3.8, 4) is 0 Å². The summed E-state index contributed by atoms with van der Waals surface area (Å²) in [6.45, 7) is 9.65. The Morgan fingerprint density at radius 3 is 2.63 bits per heavy atom. The molecule has 0 aliphatic carbocycles. The van der Waals surface area contributed by atoms with E-state index in [2.05, 4.69) is 12.1 Å². The Balaban J connectivity index is 1.96. The fourth-order valence-corrected chi connectivity index (χ4v) is 2.72. The van der Waals surface area contributed by atoms with Crippen molar-refractivity contribution in [2.24, 2.45) is 0 Å². The predicted molar refractivity (Wildman–Crippen MR) is 101 cm³/mol. The molecule has 7 heteroatoms. The fraction of sp³-hybridized carbons (Fsp3) is 0.500. The van der Waals surface area contributed by atoms with Crippen LogP contribution in [-0.4, -0.2) is 47.8 Å². The molecule has 1 aromatic rings. The molecule has 1 heterocycles. The lowest BCUT2D eigenvalue weighted by Gasteiger charge is -2.27. The van der Waals surface area contributed by atoms with Gasteiger partial charge in [-0.15, -0.1) is 0 Å². The molecule has 1 N–H and O–H groups in total. The van der Waals surface area contributed by atoms with Gasteiger partial charge in [0.25, 0.3) is 0 Å². The van der Waals surface area contributed by atoms with Crippen LogP contribution in [0.15, 0.2) is 43.0 Å². The molecule has 0 aromatic heterocycles. The van der Waals surface area contributed by atoms with Gasteiger partial charge in [0.1, 0.15) is 18.2 Å². The molecule has 1 aromatic carbocycles. The first-order valence-electron chi connectivity index (χ1n) is 8.98. The van der Waals surface area contributed by atoms with Crippen LogP contribution < -0.4 is 5.48 Å². The molecule has 0 unspecified atom stereocenters. The number of esters is 1. The lowest BCUT2D eigenvalue weighted by atomic mass is 10.2. The van der Waals surface area contributed by atoms with Crippen LogP contribution in [0.2, 0.25) is 0 Å². The number of hydroxylamine groups is 1. The second-order valence-electron chi connectivity index (χ2n) is 7.39. The number of carbonyl (C=O) groups is 2. The number of nitrogens with one attached hydrogen (secondary N) is 1. The SMILES string of the molecule is C=CCOC(=O)[C@@H]1C[C@@H](NOCc2ccccc2)CN1C(=O)OC(C)(C)C. The third-order valence-corrected chi connectivity index (χ3v) is 3.88. The van der Waals surface area contributed by atoms with E-state index in [0.29, 0.717) is 13.0 Å². The normalized spacial score (nSPS) is 19.6. The number of carbonyl (C=O) groups excluding carboxylic acids is 2. The minimum absolute atomic E-state index is 0.0973. The summed E-state index contributed by atoms with van der Waals surface area (Å²) in [5.74, 6) is -0.479. The zero-order valence-electron chi connectivity index (χ0n) is 16.1. The Kier molecular flexibility index (Phi) is 7.38. The minimum Gasteiger partial charge on any atom is -0.460 e. The lowest BCUT2D eigenvalue weighted by Crippen LogP contribution is -2.44. The van der Waals surface area contributed by atoms with Gasteiger partial charge in [0.2, 0.25) is 0 Å². The molecule has 0 bridgehead atoms. The average Bonchev–Trinajstić information content (AvgIpc) is 3.04. The first kappa shape index (κ1) is 20.9. The number of rotatable bonds is 7. The highest BCUT2D eigenvalue weighted by Crippen LogP contribution is 2.22. The Morgan fingerprint density at radius 2 is 2.00 bits per heavy atom. The molecule has 0 saturated carbocycles. The van der Waals surface area contributed by atoms with Crippen molar-refractivity contribution in [1.82, 2.24) is 10.4 Å². The van der Waals surface area contributed by atoms with Gasteiger partial charge in [-0.3, -0.25) is 9.74 Å². The molecule has 0 radical (unpaired) electrons. The van der Waals surface area contributed by atoms with E-state index in [4.69, 9.17) is 14.3 Å². The van der Waals surface area contributed by atoms with Crippen LogP contribution in [0, 0.1) is 0 Å². The molecule has 1 amide bonds. The number of nitrogens with zero attached hydrogens (tertiary/aromatic N) is 1.